The first-order chi connectivity index (χ1) is 16.4. The van der Waals surface area contributed by atoms with E-state index in [1.54, 1.807) is 0 Å². The summed E-state index contributed by atoms with van der Waals surface area (Å²) in [5, 5.41) is 1.78. The van der Waals surface area contributed by atoms with Crippen molar-refractivity contribution in [3.63, 3.8) is 0 Å². The summed E-state index contributed by atoms with van der Waals surface area (Å²) in [6.45, 7) is 4.83. The molecule has 8 nitrogen and oxygen atoms in total. The van der Waals surface area contributed by atoms with E-state index in [9.17, 15) is 8.42 Å². The summed E-state index contributed by atoms with van der Waals surface area (Å²) in [4.78, 5) is 17.5. The number of hydrogen-bond acceptors (Lipinski definition) is 6. The second-order valence-electron chi connectivity index (χ2n) is 8.82. The number of primary amides is 1. The van der Waals surface area contributed by atoms with Crippen LogP contribution in [0.25, 0.3) is 11.3 Å². The van der Waals surface area contributed by atoms with E-state index < -0.39 is 10.0 Å². The van der Waals surface area contributed by atoms with Crippen LogP contribution in [-0.4, -0.2) is 42.2 Å². The number of carbonyl (C=O) groups excluding carboxylic acids is 1. The molecule has 2 saturated carbocycles. The molecule has 0 bridgehead atoms. The van der Waals surface area contributed by atoms with Crippen molar-refractivity contribution < 1.29 is 13.2 Å². The lowest BCUT2D eigenvalue weighted by atomic mass is 9.92. The van der Waals surface area contributed by atoms with Gasteiger partial charge < -0.3 is 10.3 Å². The number of nitrogens with two attached hydrogens (primary N) is 1. The van der Waals surface area contributed by atoms with Crippen molar-refractivity contribution in [3.8, 4) is 11.3 Å². The van der Waals surface area contributed by atoms with E-state index >= 15 is 0 Å². The van der Waals surface area contributed by atoms with Gasteiger partial charge in [-0.15, -0.1) is 11.8 Å². The monoisotopic (exact) mass is 501 g/mol. The second-order valence-corrected chi connectivity index (χ2v) is 11.7. The molecule has 182 valence electrons. The Kier molecular flexibility index (Phi) is 7.59. The molecule has 2 aliphatic carbocycles. The Bertz CT molecular complexity index is 1160. The fourth-order valence-electron chi connectivity index (χ4n) is 4.46. The van der Waals surface area contributed by atoms with E-state index in [0.29, 0.717) is 5.88 Å². The maximum Gasteiger partial charge on any atom is 0.215 e. The van der Waals surface area contributed by atoms with Crippen molar-refractivity contribution in [2.24, 2.45) is 10.7 Å². The van der Waals surface area contributed by atoms with Gasteiger partial charge in [0.15, 0.2) is 0 Å². The highest BCUT2D eigenvalue weighted by atomic mass is 32.2. The number of rotatable bonds is 9. The van der Waals surface area contributed by atoms with Gasteiger partial charge in [-0.2, -0.15) is 0 Å². The molecule has 0 saturated heterocycles. The lowest BCUT2D eigenvalue weighted by Crippen LogP contribution is -2.26. The van der Waals surface area contributed by atoms with Crippen LogP contribution < -0.4 is 10.5 Å². The minimum atomic E-state index is -3.15. The van der Waals surface area contributed by atoms with Crippen LogP contribution in [-0.2, 0) is 33.2 Å². The number of hydrogen-bond donors (Lipinski definition) is 2. The van der Waals surface area contributed by atoms with E-state index in [-0.39, 0.29) is 17.1 Å². The molecular weight excluding hydrogens is 470 g/mol. The molecule has 0 atom stereocenters. The second kappa shape index (κ2) is 10.5. The van der Waals surface area contributed by atoms with Crippen LogP contribution in [0.1, 0.15) is 49.9 Å². The molecule has 1 aliphatic heterocycles. The molecular formula is C24H31N5O3S2. The number of fused-ring (bicyclic) bond motifs is 1. The SMILES string of the molecule is C=N/C(=C\SCNS(=O)(=O)C1CC1)C1(c2ccc(-c3cnc4n3CCCC4)cc2)CC1.NC=O. The van der Waals surface area contributed by atoms with E-state index in [1.165, 1.54) is 47.2 Å². The Morgan fingerprint density at radius 1 is 1.29 bits per heavy atom. The van der Waals surface area contributed by atoms with Gasteiger partial charge in [0.2, 0.25) is 16.4 Å². The normalized spacial score (nSPS) is 18.9. The summed E-state index contributed by atoms with van der Waals surface area (Å²) in [7, 11) is -3.15. The highest BCUT2D eigenvalue weighted by Crippen LogP contribution is 2.54. The molecule has 1 aromatic heterocycles. The summed E-state index contributed by atoms with van der Waals surface area (Å²) < 4.78 is 29.0. The average molecular weight is 502 g/mol. The third kappa shape index (κ3) is 5.29. The summed E-state index contributed by atoms with van der Waals surface area (Å²) in [5.74, 6) is 1.53. The Labute approximate surface area is 205 Å². The number of nitrogens with zero attached hydrogens (tertiary/aromatic N) is 3. The third-order valence-electron chi connectivity index (χ3n) is 6.62. The molecule has 3 aliphatic rings. The lowest BCUT2D eigenvalue weighted by Gasteiger charge is -2.18. The largest absolute Gasteiger partial charge is 0.372 e. The zero-order chi connectivity index (χ0) is 24.2. The molecule has 34 heavy (non-hydrogen) atoms. The fraction of sp³-hybridized carbons (Fsp3) is 0.458. The van der Waals surface area contributed by atoms with E-state index in [0.717, 1.165) is 44.3 Å². The maximum absolute atomic E-state index is 12.0. The number of carbonyl (C=O) groups is 1. The first-order valence-electron chi connectivity index (χ1n) is 11.5. The standard InChI is InChI=1S/C23H28N4O2S2.CH3NO/c1-24-21(15-30-16-26-31(28,29)19-9-10-19)23(11-12-23)18-7-5-17(6-8-18)20-14-25-22-4-2-3-13-27(20)22;2-1-3/h5-8,14-15,19,26H,1-4,9-13,16H2;1H,(H2,2,3)/b21-15-;. The number of sulfonamides is 1. The predicted octanol–water partition coefficient (Wildman–Crippen LogP) is 3.33. The van der Waals surface area contributed by atoms with Gasteiger partial charge in [0.1, 0.15) is 5.82 Å². The maximum atomic E-state index is 12.0. The Morgan fingerprint density at radius 2 is 2.00 bits per heavy atom. The Balaban J connectivity index is 0.000000868. The lowest BCUT2D eigenvalue weighted by molar-refractivity contribution is -0.106. The number of aromatic nitrogens is 2. The minimum Gasteiger partial charge on any atom is -0.372 e. The van der Waals surface area contributed by atoms with Gasteiger partial charge in [-0.1, -0.05) is 24.3 Å². The number of allylic oxidation sites excluding steroid dienone is 1. The van der Waals surface area contributed by atoms with Crippen molar-refractivity contribution in [2.45, 2.75) is 62.2 Å². The number of aryl methyl sites for hydroxylation is 1. The average Bonchev–Trinajstić information content (AvgIpc) is 3.77. The van der Waals surface area contributed by atoms with Gasteiger partial charge in [0, 0.05) is 18.4 Å². The predicted molar refractivity (Wildman–Crippen MR) is 137 cm³/mol. The van der Waals surface area contributed by atoms with Crippen LogP contribution >= 0.6 is 11.8 Å². The number of thioether (sulfide) groups is 1. The minimum absolute atomic E-state index is 0.0977. The van der Waals surface area contributed by atoms with E-state index in [2.05, 4.69) is 56.0 Å². The van der Waals surface area contributed by atoms with Gasteiger partial charge in [-0.05, 0) is 61.8 Å². The van der Waals surface area contributed by atoms with Crippen molar-refractivity contribution >= 4 is 34.9 Å². The summed E-state index contributed by atoms with van der Waals surface area (Å²) in [5.41, 5.74) is 8.63. The molecule has 10 heteroatoms. The number of aliphatic imine (C=N–C) groups is 1. The molecule has 1 amide bonds. The first-order valence-corrected chi connectivity index (χ1v) is 14.1. The Hall–Kier alpha value is -2.43. The summed E-state index contributed by atoms with van der Waals surface area (Å²) in [6.07, 6.45) is 9.37. The van der Waals surface area contributed by atoms with Crippen LogP contribution in [0.4, 0.5) is 0 Å². The third-order valence-corrected chi connectivity index (χ3v) is 9.40. The number of imidazole rings is 1. The van der Waals surface area contributed by atoms with Gasteiger partial charge in [-0.3, -0.25) is 9.79 Å². The first kappa shape index (κ1) is 24.7. The van der Waals surface area contributed by atoms with Crippen LogP contribution in [0.3, 0.4) is 0 Å². The van der Waals surface area contributed by atoms with E-state index in [4.69, 9.17) is 4.79 Å². The molecule has 1 aromatic carbocycles. The highest BCUT2D eigenvalue weighted by molar-refractivity contribution is 8.02. The van der Waals surface area contributed by atoms with Gasteiger partial charge in [0.25, 0.3) is 0 Å². The zero-order valence-electron chi connectivity index (χ0n) is 19.2. The quantitative estimate of drug-likeness (QED) is 0.236. The van der Waals surface area contributed by atoms with Crippen LogP contribution in [0.5, 0.6) is 0 Å². The van der Waals surface area contributed by atoms with Gasteiger partial charge >= 0.3 is 0 Å². The number of benzene rings is 1. The molecule has 2 aromatic rings. The highest BCUT2D eigenvalue weighted by Gasteiger charge is 2.47. The molecule has 2 heterocycles. The zero-order valence-corrected chi connectivity index (χ0v) is 20.8. The smallest absolute Gasteiger partial charge is 0.215 e. The number of amides is 1. The van der Waals surface area contributed by atoms with Crippen LogP contribution in [0.2, 0.25) is 0 Å². The summed E-state index contributed by atoms with van der Waals surface area (Å²) >= 11 is 1.44. The molecule has 0 radical (unpaired) electrons. The molecule has 2 fully saturated rings. The number of nitrogens with one attached hydrogen (secondary N) is 1. The van der Waals surface area contributed by atoms with Crippen LogP contribution in [0, 0.1) is 0 Å². The molecule has 5 rings (SSSR count). The topological polar surface area (TPSA) is 119 Å². The fourth-order valence-corrected chi connectivity index (χ4v) is 6.92. The van der Waals surface area contributed by atoms with Crippen molar-refractivity contribution in [3.05, 3.63) is 53.0 Å². The van der Waals surface area contributed by atoms with Crippen molar-refractivity contribution in [1.29, 1.82) is 0 Å². The Morgan fingerprint density at radius 3 is 2.62 bits per heavy atom. The molecule has 0 unspecified atom stereocenters. The van der Waals surface area contributed by atoms with Crippen molar-refractivity contribution in [2.75, 3.05) is 5.88 Å². The van der Waals surface area contributed by atoms with Crippen LogP contribution in [0.15, 0.2) is 46.6 Å². The molecule has 0 spiro atoms. The summed E-state index contributed by atoms with van der Waals surface area (Å²) in [6, 6.07) is 8.77. The molecule has 3 N–H and O–H groups in total. The van der Waals surface area contributed by atoms with Gasteiger partial charge in [0.05, 0.1) is 28.7 Å². The van der Waals surface area contributed by atoms with E-state index in [1.807, 2.05) is 11.6 Å². The van der Waals surface area contributed by atoms with Gasteiger partial charge in [-0.25, -0.2) is 18.1 Å². The van der Waals surface area contributed by atoms with Crippen molar-refractivity contribution in [1.82, 2.24) is 14.3 Å².